The third kappa shape index (κ3) is 3.01. The minimum absolute atomic E-state index is 0.0197. The Morgan fingerprint density at radius 2 is 1.89 bits per heavy atom. The molecule has 0 N–H and O–H groups in total. The van der Waals surface area contributed by atoms with E-state index >= 15 is 0 Å². The first-order valence-corrected chi connectivity index (χ1v) is 5.53. The van der Waals surface area contributed by atoms with E-state index in [0.29, 0.717) is 5.56 Å². The standard InChI is InChI=1S/C13H10F3NO2/c1-8(13(14,15)16)7-10-12(18)19-11(17-10)9-5-3-2-4-6-9/h2-8H,1H3. The summed E-state index contributed by atoms with van der Waals surface area (Å²) < 4.78 is 42.1. The second-order valence-electron chi connectivity index (χ2n) is 4.05. The number of aliphatic imine (C=N–C) groups is 1. The Morgan fingerprint density at radius 3 is 2.47 bits per heavy atom. The predicted molar refractivity (Wildman–Crippen MR) is 62.4 cm³/mol. The first-order chi connectivity index (χ1) is 8.88. The number of cyclic esters (lactones) is 1. The summed E-state index contributed by atoms with van der Waals surface area (Å²) in [5.74, 6) is -2.60. The number of carbonyl (C=O) groups is 1. The second kappa shape index (κ2) is 4.87. The van der Waals surface area contributed by atoms with Crippen LogP contribution < -0.4 is 0 Å². The Bertz CT molecular complexity index is 547. The molecule has 1 aromatic carbocycles. The van der Waals surface area contributed by atoms with Crippen molar-refractivity contribution in [2.75, 3.05) is 0 Å². The molecule has 6 heteroatoms. The average molecular weight is 269 g/mol. The molecule has 1 heterocycles. The topological polar surface area (TPSA) is 38.7 Å². The summed E-state index contributed by atoms with van der Waals surface area (Å²) in [5.41, 5.74) is 0.225. The van der Waals surface area contributed by atoms with Crippen LogP contribution in [0.3, 0.4) is 0 Å². The van der Waals surface area contributed by atoms with Gasteiger partial charge in [0.1, 0.15) is 5.70 Å². The lowest BCUT2D eigenvalue weighted by Gasteiger charge is -2.10. The Labute approximate surface area is 107 Å². The van der Waals surface area contributed by atoms with E-state index < -0.39 is 18.1 Å². The number of nitrogens with zero attached hydrogens (tertiary/aromatic N) is 1. The fourth-order valence-electron chi connectivity index (χ4n) is 1.46. The number of benzene rings is 1. The van der Waals surface area contributed by atoms with Gasteiger partial charge in [0.2, 0.25) is 5.90 Å². The summed E-state index contributed by atoms with van der Waals surface area (Å²) in [5, 5.41) is 0. The summed E-state index contributed by atoms with van der Waals surface area (Å²) in [7, 11) is 0. The van der Waals surface area contributed by atoms with Gasteiger partial charge in [-0.3, -0.25) is 0 Å². The number of rotatable bonds is 2. The number of esters is 1. The van der Waals surface area contributed by atoms with E-state index in [0.717, 1.165) is 13.0 Å². The molecule has 1 unspecified atom stereocenters. The SMILES string of the molecule is CC(C=C1N=C(c2ccccc2)OC1=O)C(F)(F)F. The quantitative estimate of drug-likeness (QED) is 0.611. The van der Waals surface area contributed by atoms with Gasteiger partial charge in [0, 0.05) is 5.56 Å². The van der Waals surface area contributed by atoms with Crippen molar-refractivity contribution in [3.8, 4) is 0 Å². The first kappa shape index (κ1) is 13.3. The number of carbonyl (C=O) groups excluding carboxylic acids is 1. The zero-order chi connectivity index (χ0) is 14.0. The van der Waals surface area contributed by atoms with Crippen molar-refractivity contribution in [2.45, 2.75) is 13.1 Å². The van der Waals surface area contributed by atoms with Crippen molar-refractivity contribution in [1.29, 1.82) is 0 Å². The summed E-state index contributed by atoms with van der Waals surface area (Å²) in [6.07, 6.45) is -3.64. The maximum Gasteiger partial charge on any atom is 0.394 e. The zero-order valence-corrected chi connectivity index (χ0v) is 9.94. The van der Waals surface area contributed by atoms with Crippen molar-refractivity contribution in [2.24, 2.45) is 10.9 Å². The summed E-state index contributed by atoms with van der Waals surface area (Å²) >= 11 is 0. The maximum atomic E-state index is 12.4. The molecule has 1 aromatic rings. The average Bonchev–Trinajstić information content (AvgIpc) is 2.71. The molecule has 0 radical (unpaired) electrons. The Balaban J connectivity index is 2.27. The van der Waals surface area contributed by atoms with E-state index in [4.69, 9.17) is 4.74 Å². The first-order valence-electron chi connectivity index (χ1n) is 5.53. The van der Waals surface area contributed by atoms with Crippen LogP contribution in [-0.4, -0.2) is 18.0 Å². The number of halogens is 3. The molecular weight excluding hydrogens is 259 g/mol. The van der Waals surface area contributed by atoms with Gasteiger partial charge in [0.25, 0.3) is 0 Å². The summed E-state index contributed by atoms with van der Waals surface area (Å²) in [6.45, 7) is 0.955. The highest BCUT2D eigenvalue weighted by Crippen LogP contribution is 2.29. The van der Waals surface area contributed by atoms with Crippen LogP contribution in [0.2, 0.25) is 0 Å². The third-order valence-corrected chi connectivity index (χ3v) is 2.57. The van der Waals surface area contributed by atoms with Crippen LogP contribution in [0.15, 0.2) is 47.1 Å². The molecular formula is C13H10F3NO2. The van der Waals surface area contributed by atoms with Crippen molar-refractivity contribution >= 4 is 11.9 Å². The number of hydrogen-bond donors (Lipinski definition) is 0. The number of ether oxygens (including phenoxy) is 1. The fourth-order valence-corrected chi connectivity index (χ4v) is 1.46. The molecule has 2 rings (SSSR count). The zero-order valence-electron chi connectivity index (χ0n) is 9.94. The van der Waals surface area contributed by atoms with Gasteiger partial charge in [0.05, 0.1) is 5.92 Å². The highest BCUT2D eigenvalue weighted by Gasteiger charge is 2.36. The normalized spacial score (nSPS) is 19.3. The van der Waals surface area contributed by atoms with Crippen LogP contribution in [0.4, 0.5) is 13.2 Å². The van der Waals surface area contributed by atoms with Crippen LogP contribution in [0.5, 0.6) is 0 Å². The monoisotopic (exact) mass is 269 g/mol. The molecule has 1 atom stereocenters. The van der Waals surface area contributed by atoms with Crippen molar-refractivity contribution in [3.63, 3.8) is 0 Å². The minimum Gasteiger partial charge on any atom is -0.402 e. The summed E-state index contributed by atoms with van der Waals surface area (Å²) in [6, 6.07) is 8.51. The minimum atomic E-state index is -4.40. The van der Waals surface area contributed by atoms with Crippen LogP contribution in [0.25, 0.3) is 0 Å². The third-order valence-electron chi connectivity index (χ3n) is 2.57. The van der Waals surface area contributed by atoms with Crippen molar-refractivity contribution in [3.05, 3.63) is 47.7 Å². The molecule has 19 heavy (non-hydrogen) atoms. The van der Waals surface area contributed by atoms with Gasteiger partial charge in [-0.2, -0.15) is 13.2 Å². The maximum absolute atomic E-state index is 12.4. The summed E-state index contributed by atoms with van der Waals surface area (Å²) in [4.78, 5) is 15.2. The molecule has 1 aliphatic heterocycles. The lowest BCUT2D eigenvalue weighted by molar-refractivity contribution is -0.156. The second-order valence-corrected chi connectivity index (χ2v) is 4.05. The van der Waals surface area contributed by atoms with E-state index in [1.807, 2.05) is 0 Å². The van der Waals surface area contributed by atoms with Gasteiger partial charge in [-0.15, -0.1) is 0 Å². The molecule has 0 aliphatic carbocycles. The Morgan fingerprint density at radius 1 is 1.26 bits per heavy atom. The highest BCUT2D eigenvalue weighted by atomic mass is 19.4. The predicted octanol–water partition coefficient (Wildman–Crippen LogP) is 3.07. The molecule has 0 aromatic heterocycles. The number of allylic oxidation sites excluding steroid dienone is 1. The fraction of sp³-hybridized carbons (Fsp3) is 0.231. The lowest BCUT2D eigenvalue weighted by Crippen LogP contribution is -2.18. The van der Waals surface area contributed by atoms with Gasteiger partial charge in [-0.05, 0) is 18.2 Å². The largest absolute Gasteiger partial charge is 0.402 e. The molecule has 0 saturated carbocycles. The number of hydrogen-bond acceptors (Lipinski definition) is 3. The van der Waals surface area contributed by atoms with Gasteiger partial charge >= 0.3 is 12.1 Å². The van der Waals surface area contributed by atoms with Gasteiger partial charge in [0.15, 0.2) is 0 Å². The molecule has 1 aliphatic rings. The molecule has 100 valence electrons. The van der Waals surface area contributed by atoms with Gasteiger partial charge < -0.3 is 4.74 Å². The van der Waals surface area contributed by atoms with E-state index in [9.17, 15) is 18.0 Å². The van der Waals surface area contributed by atoms with Crippen LogP contribution in [-0.2, 0) is 9.53 Å². The smallest absolute Gasteiger partial charge is 0.394 e. The van der Waals surface area contributed by atoms with E-state index in [-0.39, 0.29) is 11.6 Å². The molecule has 3 nitrogen and oxygen atoms in total. The lowest BCUT2D eigenvalue weighted by atomic mass is 10.1. The van der Waals surface area contributed by atoms with E-state index in [2.05, 4.69) is 4.99 Å². The van der Waals surface area contributed by atoms with Gasteiger partial charge in [-0.1, -0.05) is 25.1 Å². The van der Waals surface area contributed by atoms with Crippen LogP contribution >= 0.6 is 0 Å². The molecule has 0 bridgehead atoms. The van der Waals surface area contributed by atoms with Gasteiger partial charge in [-0.25, -0.2) is 9.79 Å². The Hall–Kier alpha value is -2.11. The van der Waals surface area contributed by atoms with Crippen LogP contribution in [0.1, 0.15) is 12.5 Å². The van der Waals surface area contributed by atoms with E-state index in [1.165, 1.54) is 0 Å². The molecule has 0 spiro atoms. The molecule has 0 amide bonds. The van der Waals surface area contributed by atoms with Crippen LogP contribution in [0, 0.1) is 5.92 Å². The molecule has 0 fully saturated rings. The Kier molecular flexibility index (Phi) is 3.42. The van der Waals surface area contributed by atoms with E-state index in [1.54, 1.807) is 30.3 Å². The van der Waals surface area contributed by atoms with Crippen molar-refractivity contribution in [1.82, 2.24) is 0 Å². The molecule has 0 saturated heterocycles. The highest BCUT2D eigenvalue weighted by molar-refractivity contribution is 6.11. The number of alkyl halides is 3. The van der Waals surface area contributed by atoms with Crippen molar-refractivity contribution < 1.29 is 22.7 Å².